The molecule has 1 unspecified atom stereocenters. The molecule has 0 rings (SSSR count). The zero-order valence-electron chi connectivity index (χ0n) is 12.4. The van der Waals surface area contributed by atoms with Gasteiger partial charge in [-0.25, -0.2) is 0 Å². The van der Waals surface area contributed by atoms with Crippen LogP contribution in [0.25, 0.3) is 0 Å². The monoisotopic (exact) mass is 260 g/mol. The third-order valence-corrected chi connectivity index (χ3v) is 3.17. The highest BCUT2D eigenvalue weighted by Crippen LogP contribution is 2.14. The van der Waals surface area contributed by atoms with Crippen LogP contribution in [0.15, 0.2) is 0 Å². The van der Waals surface area contributed by atoms with Gasteiger partial charge in [0.15, 0.2) is 0 Å². The van der Waals surface area contributed by atoms with Crippen LogP contribution in [0.4, 0.5) is 0 Å². The molecule has 0 saturated carbocycles. The molecule has 0 amide bonds. The lowest BCUT2D eigenvalue weighted by Crippen LogP contribution is -2.49. The third-order valence-electron chi connectivity index (χ3n) is 3.17. The summed E-state index contributed by atoms with van der Waals surface area (Å²) in [5.74, 6) is -0.174. The van der Waals surface area contributed by atoms with Crippen LogP contribution in [0.1, 0.15) is 26.7 Å². The molecule has 0 fully saturated rings. The SMILES string of the molecule is CCOC(=O)C(C)(CCCN(C)CCOC)NC. The number of rotatable bonds is 10. The molecule has 0 heterocycles. The summed E-state index contributed by atoms with van der Waals surface area (Å²) in [5.41, 5.74) is -0.585. The van der Waals surface area contributed by atoms with Crippen LogP contribution < -0.4 is 5.32 Å². The maximum Gasteiger partial charge on any atom is 0.326 e. The molecule has 0 aliphatic carbocycles. The summed E-state index contributed by atoms with van der Waals surface area (Å²) in [6.07, 6.45) is 1.70. The third kappa shape index (κ3) is 6.33. The first kappa shape index (κ1) is 17.4. The van der Waals surface area contributed by atoms with Crippen LogP contribution in [-0.4, -0.2) is 63.9 Å². The van der Waals surface area contributed by atoms with E-state index in [0.29, 0.717) is 6.61 Å². The number of methoxy groups -OCH3 is 1. The van der Waals surface area contributed by atoms with Gasteiger partial charge in [-0.3, -0.25) is 4.79 Å². The van der Waals surface area contributed by atoms with Crippen LogP contribution in [0.2, 0.25) is 0 Å². The molecule has 1 N–H and O–H groups in total. The fourth-order valence-electron chi connectivity index (χ4n) is 1.68. The van der Waals surface area contributed by atoms with E-state index in [9.17, 15) is 4.79 Å². The van der Waals surface area contributed by atoms with E-state index >= 15 is 0 Å². The van der Waals surface area contributed by atoms with Crippen molar-refractivity contribution in [3.8, 4) is 0 Å². The topological polar surface area (TPSA) is 50.8 Å². The molecule has 0 spiro atoms. The van der Waals surface area contributed by atoms with E-state index in [1.165, 1.54) is 0 Å². The van der Waals surface area contributed by atoms with Gasteiger partial charge in [0.2, 0.25) is 0 Å². The lowest BCUT2D eigenvalue weighted by Gasteiger charge is -2.27. The van der Waals surface area contributed by atoms with E-state index in [1.54, 1.807) is 14.2 Å². The molecule has 18 heavy (non-hydrogen) atoms. The lowest BCUT2D eigenvalue weighted by atomic mass is 9.96. The Morgan fingerprint density at radius 3 is 2.56 bits per heavy atom. The van der Waals surface area contributed by atoms with Crippen molar-refractivity contribution in [2.24, 2.45) is 0 Å². The maximum absolute atomic E-state index is 11.8. The van der Waals surface area contributed by atoms with Crippen molar-refractivity contribution < 1.29 is 14.3 Å². The molecule has 108 valence electrons. The zero-order valence-corrected chi connectivity index (χ0v) is 12.4. The van der Waals surface area contributed by atoms with Gasteiger partial charge in [0.25, 0.3) is 0 Å². The zero-order chi connectivity index (χ0) is 14.0. The number of carbonyl (C=O) groups is 1. The smallest absolute Gasteiger partial charge is 0.326 e. The van der Waals surface area contributed by atoms with E-state index < -0.39 is 5.54 Å². The number of likely N-dealkylation sites (N-methyl/N-ethyl adjacent to an activating group) is 2. The molecule has 0 aromatic carbocycles. The van der Waals surface area contributed by atoms with Crippen LogP contribution in [0, 0.1) is 0 Å². The predicted molar refractivity (Wildman–Crippen MR) is 72.7 cm³/mol. The van der Waals surface area contributed by atoms with Crippen molar-refractivity contribution in [2.45, 2.75) is 32.2 Å². The van der Waals surface area contributed by atoms with Crippen molar-refractivity contribution in [3.05, 3.63) is 0 Å². The molecule has 5 heteroatoms. The molecule has 0 aliphatic heterocycles. The highest BCUT2D eigenvalue weighted by Gasteiger charge is 2.32. The van der Waals surface area contributed by atoms with Crippen LogP contribution in [0.3, 0.4) is 0 Å². The van der Waals surface area contributed by atoms with Crippen LogP contribution in [0.5, 0.6) is 0 Å². The fraction of sp³-hybridized carbons (Fsp3) is 0.923. The number of nitrogens with zero attached hydrogens (tertiary/aromatic N) is 1. The molecule has 0 aliphatic rings. The molecule has 0 radical (unpaired) electrons. The Balaban J connectivity index is 4.02. The fourth-order valence-corrected chi connectivity index (χ4v) is 1.68. The standard InChI is InChI=1S/C13H28N2O3/c1-6-18-12(16)13(2,14-3)8-7-9-15(4)10-11-17-5/h14H,6-11H2,1-5H3. The van der Waals surface area contributed by atoms with Gasteiger partial charge in [0.05, 0.1) is 13.2 Å². The number of nitrogens with one attached hydrogen (secondary N) is 1. The normalized spacial score (nSPS) is 14.6. The Kier molecular flexibility index (Phi) is 8.97. The highest BCUT2D eigenvalue weighted by molar-refractivity contribution is 5.80. The van der Waals surface area contributed by atoms with Crippen molar-refractivity contribution in [3.63, 3.8) is 0 Å². The van der Waals surface area contributed by atoms with Gasteiger partial charge in [0.1, 0.15) is 5.54 Å². The van der Waals surface area contributed by atoms with Gasteiger partial charge in [-0.15, -0.1) is 0 Å². The van der Waals surface area contributed by atoms with Gasteiger partial charge < -0.3 is 19.7 Å². The van der Waals surface area contributed by atoms with Crippen molar-refractivity contribution in [1.82, 2.24) is 10.2 Å². The summed E-state index contributed by atoms with van der Waals surface area (Å²) in [5, 5.41) is 3.06. The Morgan fingerprint density at radius 2 is 2.06 bits per heavy atom. The average Bonchev–Trinajstić information content (AvgIpc) is 2.36. The van der Waals surface area contributed by atoms with Crippen molar-refractivity contribution in [2.75, 3.05) is 47.5 Å². The van der Waals surface area contributed by atoms with Crippen LogP contribution in [-0.2, 0) is 14.3 Å². The lowest BCUT2D eigenvalue weighted by molar-refractivity contribution is -0.150. The molecular formula is C13H28N2O3. The average molecular weight is 260 g/mol. The Hall–Kier alpha value is -0.650. The molecule has 1 atom stereocenters. The summed E-state index contributed by atoms with van der Waals surface area (Å²) in [6.45, 7) is 6.72. The summed E-state index contributed by atoms with van der Waals surface area (Å²) in [4.78, 5) is 14.0. The first-order valence-electron chi connectivity index (χ1n) is 6.53. The van der Waals surface area contributed by atoms with Gasteiger partial charge in [-0.05, 0) is 47.3 Å². The molecule has 0 aromatic rings. The Labute approximate surface area is 111 Å². The Morgan fingerprint density at radius 1 is 1.39 bits per heavy atom. The summed E-state index contributed by atoms with van der Waals surface area (Å²) < 4.78 is 10.1. The molecule has 0 saturated heterocycles. The highest BCUT2D eigenvalue weighted by atomic mass is 16.5. The predicted octanol–water partition coefficient (Wildman–Crippen LogP) is 0.886. The second kappa shape index (κ2) is 9.30. The number of carbonyl (C=O) groups excluding carboxylic acids is 1. The molecular weight excluding hydrogens is 232 g/mol. The first-order chi connectivity index (χ1) is 8.50. The minimum Gasteiger partial charge on any atom is -0.465 e. The molecule has 5 nitrogen and oxygen atoms in total. The number of hydrogen-bond donors (Lipinski definition) is 1. The van der Waals surface area contributed by atoms with Gasteiger partial charge in [-0.2, -0.15) is 0 Å². The van der Waals surface area contributed by atoms with E-state index in [4.69, 9.17) is 9.47 Å². The van der Waals surface area contributed by atoms with Gasteiger partial charge in [0, 0.05) is 13.7 Å². The number of esters is 1. The minimum absolute atomic E-state index is 0.174. The molecule has 0 bridgehead atoms. The minimum atomic E-state index is -0.585. The van der Waals surface area contributed by atoms with Crippen molar-refractivity contribution in [1.29, 1.82) is 0 Å². The summed E-state index contributed by atoms with van der Waals surface area (Å²) >= 11 is 0. The van der Waals surface area contributed by atoms with Gasteiger partial charge >= 0.3 is 5.97 Å². The van der Waals surface area contributed by atoms with E-state index in [0.717, 1.165) is 32.5 Å². The quantitative estimate of drug-likeness (QED) is 0.591. The number of hydrogen-bond acceptors (Lipinski definition) is 5. The number of ether oxygens (including phenoxy) is 2. The first-order valence-corrected chi connectivity index (χ1v) is 6.53. The Bertz CT molecular complexity index is 236. The summed E-state index contributed by atoms with van der Waals surface area (Å²) in [7, 11) is 5.55. The van der Waals surface area contributed by atoms with E-state index in [1.807, 2.05) is 13.8 Å². The van der Waals surface area contributed by atoms with Crippen molar-refractivity contribution >= 4 is 5.97 Å². The second-order valence-electron chi connectivity index (χ2n) is 4.70. The molecule has 0 aromatic heterocycles. The second-order valence-corrected chi connectivity index (χ2v) is 4.70. The van der Waals surface area contributed by atoms with E-state index in [-0.39, 0.29) is 5.97 Å². The maximum atomic E-state index is 11.8. The van der Waals surface area contributed by atoms with Crippen LogP contribution >= 0.6 is 0 Å². The van der Waals surface area contributed by atoms with E-state index in [2.05, 4.69) is 17.3 Å². The van der Waals surface area contributed by atoms with Gasteiger partial charge in [-0.1, -0.05) is 0 Å². The summed E-state index contributed by atoms with van der Waals surface area (Å²) in [6, 6.07) is 0. The largest absolute Gasteiger partial charge is 0.465 e.